The van der Waals surface area contributed by atoms with Crippen molar-refractivity contribution < 1.29 is 0 Å². The molecule has 0 atom stereocenters. The van der Waals surface area contributed by atoms with Crippen molar-refractivity contribution in [2.45, 2.75) is 0 Å². The largest absolute Gasteiger partial charge is 0.310 e. The SMILES string of the molecule is c1ccc(-c2ccc(-c3ccc(N(c4ccc(-c5ccc(-c6ccc7ccccc7c6)cc5)cc4)c4ccccc4-c4cccc5sc6ccccc6c45)cc3)cc2)cc1. The molecule has 0 amide bonds. The van der Waals surface area contributed by atoms with Gasteiger partial charge in [-0.2, -0.15) is 0 Å². The molecule has 0 spiro atoms. The molecule has 282 valence electrons. The summed E-state index contributed by atoms with van der Waals surface area (Å²) in [6, 6.07) is 86.1. The highest BCUT2D eigenvalue weighted by Gasteiger charge is 2.20. The molecule has 1 heterocycles. The molecule has 0 unspecified atom stereocenters. The Morgan fingerprint density at radius 1 is 0.283 bits per heavy atom. The second-order valence-electron chi connectivity index (χ2n) is 15.3. The Labute approximate surface area is 354 Å². The number of benzene rings is 10. The predicted molar refractivity (Wildman–Crippen MR) is 259 cm³/mol. The molecule has 2 heteroatoms. The predicted octanol–water partition coefficient (Wildman–Crippen LogP) is 17.0. The molecule has 10 aromatic carbocycles. The van der Waals surface area contributed by atoms with E-state index in [4.69, 9.17) is 0 Å². The zero-order valence-electron chi connectivity index (χ0n) is 32.9. The minimum atomic E-state index is 1.10. The molecule has 0 bridgehead atoms. The van der Waals surface area contributed by atoms with Gasteiger partial charge in [0.2, 0.25) is 0 Å². The Kier molecular flexibility index (Phi) is 9.11. The number of para-hydroxylation sites is 1. The van der Waals surface area contributed by atoms with Gasteiger partial charge in [-0.3, -0.25) is 0 Å². The summed E-state index contributed by atoms with van der Waals surface area (Å²) in [5, 5.41) is 5.13. The topological polar surface area (TPSA) is 3.24 Å². The summed E-state index contributed by atoms with van der Waals surface area (Å²) < 4.78 is 2.61. The highest BCUT2D eigenvalue weighted by Crippen LogP contribution is 2.46. The first-order valence-electron chi connectivity index (χ1n) is 20.5. The summed E-state index contributed by atoms with van der Waals surface area (Å²) in [6.07, 6.45) is 0. The minimum Gasteiger partial charge on any atom is -0.310 e. The standard InChI is InChI=1S/C58H39NS/c1-2-11-40(12-3-1)42-21-23-43(24-22-42)45-31-35-50(36-32-45)59(55-18-8-6-15-52(55)53-17-10-20-57-58(53)54-16-7-9-19-56(54)60-57)51-37-33-46(34-38-51)44-25-27-47(28-26-44)49-30-29-41-13-4-5-14-48(41)39-49/h1-39H. The molecule has 0 saturated carbocycles. The van der Waals surface area contributed by atoms with Crippen LogP contribution in [0.2, 0.25) is 0 Å². The van der Waals surface area contributed by atoms with E-state index in [-0.39, 0.29) is 0 Å². The normalized spacial score (nSPS) is 11.3. The van der Waals surface area contributed by atoms with Crippen LogP contribution in [0.1, 0.15) is 0 Å². The van der Waals surface area contributed by atoms with Crippen LogP contribution in [-0.4, -0.2) is 0 Å². The van der Waals surface area contributed by atoms with Gasteiger partial charge in [-0.1, -0.05) is 188 Å². The number of nitrogens with zero attached hydrogens (tertiary/aromatic N) is 1. The van der Waals surface area contributed by atoms with Crippen LogP contribution in [0.5, 0.6) is 0 Å². The van der Waals surface area contributed by atoms with Crippen LogP contribution in [0.3, 0.4) is 0 Å². The van der Waals surface area contributed by atoms with Crippen LogP contribution >= 0.6 is 11.3 Å². The molecule has 0 aliphatic carbocycles. The van der Waals surface area contributed by atoms with Gasteiger partial charge in [-0.15, -0.1) is 11.3 Å². The summed E-state index contributed by atoms with van der Waals surface area (Å²) in [7, 11) is 0. The number of anilines is 3. The third kappa shape index (κ3) is 6.63. The number of hydrogen-bond donors (Lipinski definition) is 0. The van der Waals surface area contributed by atoms with Gasteiger partial charge in [-0.05, 0) is 109 Å². The first-order valence-corrected chi connectivity index (χ1v) is 21.3. The van der Waals surface area contributed by atoms with Crippen LogP contribution in [0, 0.1) is 0 Å². The Morgan fingerprint density at radius 2 is 0.733 bits per heavy atom. The van der Waals surface area contributed by atoms with Gasteiger partial charge in [0.15, 0.2) is 0 Å². The van der Waals surface area contributed by atoms with Gasteiger partial charge in [-0.25, -0.2) is 0 Å². The molecule has 0 aliphatic rings. The Morgan fingerprint density at radius 3 is 1.38 bits per heavy atom. The molecular weight excluding hydrogens is 743 g/mol. The van der Waals surface area contributed by atoms with Crippen molar-refractivity contribution in [1.82, 2.24) is 0 Å². The van der Waals surface area contributed by atoms with Crippen molar-refractivity contribution >= 4 is 59.3 Å². The molecule has 1 nitrogen and oxygen atoms in total. The highest BCUT2D eigenvalue weighted by atomic mass is 32.1. The van der Waals surface area contributed by atoms with Crippen LogP contribution in [0.25, 0.3) is 86.6 Å². The van der Waals surface area contributed by atoms with Gasteiger partial charge in [0, 0.05) is 37.1 Å². The van der Waals surface area contributed by atoms with Crippen molar-refractivity contribution in [1.29, 1.82) is 0 Å². The van der Waals surface area contributed by atoms with E-state index >= 15 is 0 Å². The second kappa shape index (κ2) is 15.3. The fourth-order valence-corrected chi connectivity index (χ4v) is 9.77. The zero-order chi connectivity index (χ0) is 39.8. The Bertz CT molecular complexity index is 3270. The van der Waals surface area contributed by atoms with E-state index in [0.29, 0.717) is 0 Å². The molecule has 0 radical (unpaired) electrons. The highest BCUT2D eigenvalue weighted by molar-refractivity contribution is 7.25. The Balaban J connectivity index is 0.979. The number of hydrogen-bond acceptors (Lipinski definition) is 2. The summed E-state index contributed by atoms with van der Waals surface area (Å²) in [6.45, 7) is 0. The van der Waals surface area contributed by atoms with Gasteiger partial charge >= 0.3 is 0 Å². The monoisotopic (exact) mass is 781 g/mol. The average molecular weight is 782 g/mol. The molecular formula is C58H39NS. The number of rotatable bonds is 8. The van der Waals surface area contributed by atoms with Gasteiger partial charge in [0.1, 0.15) is 0 Å². The molecule has 60 heavy (non-hydrogen) atoms. The first-order chi connectivity index (χ1) is 29.7. The molecule has 0 saturated heterocycles. The lowest BCUT2D eigenvalue weighted by atomic mass is 9.96. The summed E-state index contributed by atoms with van der Waals surface area (Å²) >= 11 is 1.86. The van der Waals surface area contributed by atoms with Crippen LogP contribution in [0.4, 0.5) is 17.1 Å². The van der Waals surface area contributed by atoms with Gasteiger partial charge < -0.3 is 4.90 Å². The fraction of sp³-hybridized carbons (Fsp3) is 0. The van der Waals surface area contributed by atoms with E-state index in [1.165, 1.54) is 86.6 Å². The summed E-state index contributed by atoms with van der Waals surface area (Å²) in [5.41, 5.74) is 15.4. The molecule has 1 aromatic heterocycles. The van der Waals surface area contributed by atoms with Gasteiger partial charge in [0.25, 0.3) is 0 Å². The maximum atomic E-state index is 2.41. The number of fused-ring (bicyclic) bond motifs is 4. The van der Waals surface area contributed by atoms with Crippen molar-refractivity contribution in [3.8, 4) is 55.6 Å². The van der Waals surface area contributed by atoms with Crippen LogP contribution in [-0.2, 0) is 0 Å². The molecule has 11 aromatic rings. The maximum absolute atomic E-state index is 2.41. The third-order valence-electron chi connectivity index (χ3n) is 11.7. The van der Waals surface area contributed by atoms with E-state index in [9.17, 15) is 0 Å². The van der Waals surface area contributed by atoms with Crippen molar-refractivity contribution in [2.24, 2.45) is 0 Å². The first kappa shape index (κ1) is 35.6. The van der Waals surface area contributed by atoms with Crippen LogP contribution < -0.4 is 4.90 Å². The smallest absolute Gasteiger partial charge is 0.0540 e. The number of thiophene rings is 1. The quantitative estimate of drug-likeness (QED) is 0.148. The second-order valence-corrected chi connectivity index (χ2v) is 16.4. The van der Waals surface area contributed by atoms with E-state index in [0.717, 1.165) is 17.1 Å². The maximum Gasteiger partial charge on any atom is 0.0540 e. The molecule has 0 aliphatic heterocycles. The summed E-state index contributed by atoms with van der Waals surface area (Å²) in [5.74, 6) is 0. The lowest BCUT2D eigenvalue weighted by Crippen LogP contribution is -2.11. The average Bonchev–Trinajstić information content (AvgIpc) is 3.72. The van der Waals surface area contributed by atoms with E-state index in [2.05, 4.69) is 241 Å². The van der Waals surface area contributed by atoms with Crippen molar-refractivity contribution in [3.05, 3.63) is 237 Å². The van der Waals surface area contributed by atoms with Crippen molar-refractivity contribution in [2.75, 3.05) is 4.90 Å². The van der Waals surface area contributed by atoms with E-state index in [1.807, 2.05) is 11.3 Å². The zero-order valence-corrected chi connectivity index (χ0v) is 33.7. The van der Waals surface area contributed by atoms with E-state index < -0.39 is 0 Å². The molecule has 11 rings (SSSR count). The molecule has 0 N–H and O–H groups in total. The minimum absolute atomic E-state index is 1.10. The van der Waals surface area contributed by atoms with Gasteiger partial charge in [0.05, 0.1) is 5.69 Å². The molecule has 0 fully saturated rings. The summed E-state index contributed by atoms with van der Waals surface area (Å²) in [4.78, 5) is 2.41. The fourth-order valence-electron chi connectivity index (χ4n) is 8.64. The Hall–Kier alpha value is -7.52. The lowest BCUT2D eigenvalue weighted by Gasteiger charge is -2.28. The van der Waals surface area contributed by atoms with Crippen LogP contribution in [0.15, 0.2) is 237 Å². The third-order valence-corrected chi connectivity index (χ3v) is 12.9. The lowest BCUT2D eigenvalue weighted by molar-refractivity contribution is 1.28. The van der Waals surface area contributed by atoms with Crippen molar-refractivity contribution in [3.63, 3.8) is 0 Å². The van der Waals surface area contributed by atoms with E-state index in [1.54, 1.807) is 0 Å².